The molecule has 0 fully saturated rings. The summed E-state index contributed by atoms with van der Waals surface area (Å²) in [6.45, 7) is 1.99. The van der Waals surface area contributed by atoms with E-state index in [1.165, 1.54) is 11.1 Å². The number of rotatable bonds is 1. The molecule has 0 aromatic carbocycles. The maximum Gasteiger partial charge on any atom is 0.0273 e. The summed E-state index contributed by atoms with van der Waals surface area (Å²) in [6, 6.07) is 4.08. The summed E-state index contributed by atoms with van der Waals surface area (Å²) in [5.41, 5.74) is 2.66. The first-order valence-corrected chi connectivity index (χ1v) is 3.77. The van der Waals surface area contributed by atoms with E-state index in [-0.39, 0.29) is 0 Å². The molecule has 0 saturated heterocycles. The summed E-state index contributed by atoms with van der Waals surface area (Å²) in [7, 11) is 0. The van der Waals surface area contributed by atoms with Gasteiger partial charge in [-0.05, 0) is 23.3 Å². The zero-order valence-corrected chi connectivity index (χ0v) is 6.25. The molecule has 0 spiro atoms. The monoisotopic (exact) mass is 146 g/mol. The van der Waals surface area contributed by atoms with Gasteiger partial charge in [0.1, 0.15) is 0 Å². The SMILES string of the molecule is C1=C(c2ccncc2)CNC1. The summed E-state index contributed by atoms with van der Waals surface area (Å²) in [6.07, 6.45) is 5.87. The highest BCUT2D eigenvalue weighted by atomic mass is 14.9. The van der Waals surface area contributed by atoms with E-state index in [9.17, 15) is 0 Å². The number of pyridine rings is 1. The van der Waals surface area contributed by atoms with Crippen molar-refractivity contribution in [3.05, 3.63) is 36.2 Å². The summed E-state index contributed by atoms with van der Waals surface area (Å²) < 4.78 is 0. The van der Waals surface area contributed by atoms with Crippen LogP contribution in [0.3, 0.4) is 0 Å². The summed E-state index contributed by atoms with van der Waals surface area (Å²) in [5.74, 6) is 0. The van der Waals surface area contributed by atoms with Gasteiger partial charge >= 0.3 is 0 Å². The van der Waals surface area contributed by atoms with Crippen molar-refractivity contribution in [2.24, 2.45) is 0 Å². The minimum absolute atomic E-state index is 0.990. The van der Waals surface area contributed by atoms with Crippen molar-refractivity contribution in [3.8, 4) is 0 Å². The first-order chi connectivity index (χ1) is 5.47. The van der Waals surface area contributed by atoms with Gasteiger partial charge in [-0.2, -0.15) is 0 Å². The molecule has 0 unspecified atom stereocenters. The number of hydrogen-bond acceptors (Lipinski definition) is 2. The Bertz CT molecular complexity index is 264. The van der Waals surface area contributed by atoms with E-state index in [1.54, 1.807) is 0 Å². The van der Waals surface area contributed by atoms with Gasteiger partial charge in [0.05, 0.1) is 0 Å². The number of aromatic nitrogens is 1. The predicted octanol–water partition coefficient (Wildman–Crippen LogP) is 1.07. The Kier molecular flexibility index (Phi) is 1.69. The van der Waals surface area contributed by atoms with Crippen molar-refractivity contribution < 1.29 is 0 Å². The lowest BCUT2D eigenvalue weighted by atomic mass is 10.1. The summed E-state index contributed by atoms with van der Waals surface area (Å²) in [4.78, 5) is 3.97. The van der Waals surface area contributed by atoms with E-state index in [0.717, 1.165) is 13.1 Å². The molecule has 1 aromatic rings. The average molecular weight is 146 g/mol. The molecule has 0 saturated carbocycles. The third kappa shape index (κ3) is 1.30. The minimum Gasteiger partial charge on any atom is -0.309 e. The number of nitrogens with one attached hydrogen (secondary N) is 1. The van der Waals surface area contributed by atoms with Crippen LogP contribution in [0, 0.1) is 0 Å². The number of hydrogen-bond donors (Lipinski definition) is 1. The zero-order chi connectivity index (χ0) is 7.52. The normalized spacial score (nSPS) is 16.5. The molecule has 1 aliphatic heterocycles. The van der Waals surface area contributed by atoms with Crippen LogP contribution in [0.2, 0.25) is 0 Å². The molecule has 2 nitrogen and oxygen atoms in total. The molecule has 56 valence electrons. The maximum atomic E-state index is 3.97. The third-order valence-corrected chi connectivity index (χ3v) is 1.86. The highest BCUT2D eigenvalue weighted by Gasteiger charge is 2.04. The molecule has 2 heteroatoms. The van der Waals surface area contributed by atoms with Crippen LogP contribution in [-0.2, 0) is 0 Å². The van der Waals surface area contributed by atoms with Crippen LogP contribution in [0.1, 0.15) is 5.56 Å². The lowest BCUT2D eigenvalue weighted by Crippen LogP contribution is -2.07. The highest BCUT2D eigenvalue weighted by molar-refractivity contribution is 5.68. The largest absolute Gasteiger partial charge is 0.309 e. The molecule has 0 aliphatic carbocycles. The van der Waals surface area contributed by atoms with Crippen molar-refractivity contribution in [1.82, 2.24) is 10.3 Å². The van der Waals surface area contributed by atoms with Gasteiger partial charge in [-0.25, -0.2) is 0 Å². The van der Waals surface area contributed by atoms with Crippen LogP contribution in [0.5, 0.6) is 0 Å². The molecule has 11 heavy (non-hydrogen) atoms. The van der Waals surface area contributed by atoms with Crippen LogP contribution >= 0.6 is 0 Å². The first kappa shape index (κ1) is 6.55. The lowest BCUT2D eigenvalue weighted by molar-refractivity contribution is 0.897. The van der Waals surface area contributed by atoms with E-state index >= 15 is 0 Å². The maximum absolute atomic E-state index is 3.97. The molecule has 2 heterocycles. The molecule has 0 radical (unpaired) electrons. The molecule has 2 rings (SSSR count). The predicted molar refractivity (Wildman–Crippen MR) is 45.1 cm³/mol. The second-order valence-electron chi connectivity index (χ2n) is 2.60. The average Bonchev–Trinajstić information content (AvgIpc) is 2.58. The fourth-order valence-corrected chi connectivity index (χ4v) is 1.26. The van der Waals surface area contributed by atoms with Crippen LogP contribution < -0.4 is 5.32 Å². The van der Waals surface area contributed by atoms with E-state index < -0.39 is 0 Å². The fourth-order valence-electron chi connectivity index (χ4n) is 1.26. The molecule has 0 bridgehead atoms. The molecular formula is C9H10N2. The number of nitrogens with zero attached hydrogens (tertiary/aromatic N) is 1. The molecule has 1 N–H and O–H groups in total. The van der Waals surface area contributed by atoms with Crippen molar-refractivity contribution >= 4 is 5.57 Å². The van der Waals surface area contributed by atoms with Gasteiger partial charge in [-0.1, -0.05) is 6.08 Å². The van der Waals surface area contributed by atoms with Crippen LogP contribution in [0.4, 0.5) is 0 Å². The van der Waals surface area contributed by atoms with E-state index in [2.05, 4.69) is 16.4 Å². The van der Waals surface area contributed by atoms with Crippen LogP contribution in [0.15, 0.2) is 30.6 Å². The molecule has 1 aliphatic rings. The Morgan fingerprint density at radius 2 is 2.09 bits per heavy atom. The van der Waals surface area contributed by atoms with Gasteiger partial charge in [-0.3, -0.25) is 4.98 Å². The Morgan fingerprint density at radius 1 is 1.27 bits per heavy atom. The zero-order valence-electron chi connectivity index (χ0n) is 6.25. The van der Waals surface area contributed by atoms with Crippen LogP contribution in [-0.4, -0.2) is 18.1 Å². The van der Waals surface area contributed by atoms with Crippen molar-refractivity contribution in [3.63, 3.8) is 0 Å². The molecular weight excluding hydrogens is 136 g/mol. The van der Waals surface area contributed by atoms with Gasteiger partial charge in [0.25, 0.3) is 0 Å². The van der Waals surface area contributed by atoms with Gasteiger partial charge in [0.2, 0.25) is 0 Å². The topological polar surface area (TPSA) is 24.9 Å². The van der Waals surface area contributed by atoms with E-state index in [0.29, 0.717) is 0 Å². The Labute approximate surface area is 66.0 Å². The minimum atomic E-state index is 0.990. The Morgan fingerprint density at radius 3 is 2.73 bits per heavy atom. The second-order valence-corrected chi connectivity index (χ2v) is 2.60. The van der Waals surface area contributed by atoms with Crippen molar-refractivity contribution in [2.45, 2.75) is 0 Å². The molecule has 0 amide bonds. The first-order valence-electron chi connectivity index (χ1n) is 3.77. The van der Waals surface area contributed by atoms with E-state index in [4.69, 9.17) is 0 Å². The molecule has 0 atom stereocenters. The summed E-state index contributed by atoms with van der Waals surface area (Å²) in [5, 5.41) is 3.26. The van der Waals surface area contributed by atoms with E-state index in [1.807, 2.05) is 24.5 Å². The third-order valence-electron chi connectivity index (χ3n) is 1.86. The lowest BCUT2D eigenvalue weighted by Gasteiger charge is -1.98. The van der Waals surface area contributed by atoms with Crippen molar-refractivity contribution in [2.75, 3.05) is 13.1 Å². The molecule has 1 aromatic heterocycles. The van der Waals surface area contributed by atoms with Gasteiger partial charge < -0.3 is 5.32 Å². The Balaban J connectivity index is 2.29. The van der Waals surface area contributed by atoms with Crippen molar-refractivity contribution in [1.29, 1.82) is 0 Å². The standard InChI is InChI=1S/C9H10N2/c1-4-10-5-2-8(1)9-3-6-11-7-9/h1-5,11H,6-7H2. The quantitative estimate of drug-likeness (QED) is 0.641. The fraction of sp³-hybridized carbons (Fsp3) is 0.222. The van der Waals surface area contributed by atoms with Gasteiger partial charge in [-0.15, -0.1) is 0 Å². The Hall–Kier alpha value is -1.15. The van der Waals surface area contributed by atoms with Crippen LogP contribution in [0.25, 0.3) is 5.57 Å². The van der Waals surface area contributed by atoms with Gasteiger partial charge in [0.15, 0.2) is 0 Å². The second kappa shape index (κ2) is 2.84. The smallest absolute Gasteiger partial charge is 0.0273 e. The summed E-state index contributed by atoms with van der Waals surface area (Å²) >= 11 is 0. The highest BCUT2D eigenvalue weighted by Crippen LogP contribution is 2.13. The van der Waals surface area contributed by atoms with Gasteiger partial charge in [0, 0.05) is 25.5 Å².